The third-order valence-electron chi connectivity index (χ3n) is 3.91. The van der Waals surface area contributed by atoms with E-state index in [9.17, 15) is 9.90 Å². The molecule has 1 fully saturated rings. The minimum atomic E-state index is -0.313. The van der Waals surface area contributed by atoms with E-state index >= 15 is 0 Å². The van der Waals surface area contributed by atoms with Crippen molar-refractivity contribution in [1.29, 1.82) is 0 Å². The summed E-state index contributed by atoms with van der Waals surface area (Å²) in [5, 5.41) is 9.61. The highest BCUT2D eigenvalue weighted by Gasteiger charge is 2.25. The number of amides is 1. The van der Waals surface area contributed by atoms with Crippen LogP contribution in [0.4, 0.5) is 0 Å². The summed E-state index contributed by atoms with van der Waals surface area (Å²) in [5.74, 6) is 1.50. The Morgan fingerprint density at radius 1 is 1.04 bits per heavy atom. The molecule has 0 bridgehead atoms. The molecule has 134 valence electrons. The third kappa shape index (κ3) is 4.32. The van der Waals surface area contributed by atoms with Crippen LogP contribution in [0, 0.1) is 0 Å². The first-order valence-corrected chi connectivity index (χ1v) is 8.64. The summed E-state index contributed by atoms with van der Waals surface area (Å²) < 4.78 is 17.0. The highest BCUT2D eigenvalue weighted by Crippen LogP contribution is 2.39. The molecule has 6 nitrogen and oxygen atoms in total. The van der Waals surface area contributed by atoms with E-state index in [1.807, 2.05) is 20.8 Å². The summed E-state index contributed by atoms with van der Waals surface area (Å²) in [6.07, 6.45) is 0.908. The highest BCUT2D eigenvalue weighted by atomic mass is 16.5. The number of aliphatic hydroxyl groups excluding tert-OH is 1. The first kappa shape index (κ1) is 18.4. The maximum absolute atomic E-state index is 12.8. The zero-order chi connectivity index (χ0) is 17.5. The van der Waals surface area contributed by atoms with E-state index in [-0.39, 0.29) is 12.0 Å². The van der Waals surface area contributed by atoms with Crippen molar-refractivity contribution in [1.82, 2.24) is 4.90 Å². The standard InChI is InChI=1S/C18H27NO5/c1-4-22-15-11-13(12-16(23-5-2)17(15)24-6-3)18(21)19-9-7-14(20)8-10-19/h11-12,14,20H,4-10H2,1-3H3. The van der Waals surface area contributed by atoms with Gasteiger partial charge in [-0.3, -0.25) is 4.79 Å². The number of carbonyl (C=O) groups excluding carboxylic acids is 1. The van der Waals surface area contributed by atoms with Crippen LogP contribution in [-0.4, -0.2) is 54.9 Å². The Bertz CT molecular complexity index is 525. The van der Waals surface area contributed by atoms with Gasteiger partial charge in [-0.05, 0) is 45.7 Å². The van der Waals surface area contributed by atoms with Crippen LogP contribution in [-0.2, 0) is 0 Å². The molecule has 1 saturated heterocycles. The van der Waals surface area contributed by atoms with Gasteiger partial charge in [0.15, 0.2) is 11.5 Å². The minimum Gasteiger partial charge on any atom is -0.490 e. The molecule has 0 atom stereocenters. The quantitative estimate of drug-likeness (QED) is 0.828. The second kappa shape index (κ2) is 8.78. The van der Waals surface area contributed by atoms with Crippen LogP contribution < -0.4 is 14.2 Å². The van der Waals surface area contributed by atoms with E-state index in [0.717, 1.165) is 0 Å². The van der Waals surface area contributed by atoms with Crippen molar-refractivity contribution >= 4 is 5.91 Å². The Balaban J connectivity index is 2.33. The Labute approximate surface area is 143 Å². The van der Waals surface area contributed by atoms with Gasteiger partial charge in [0, 0.05) is 18.7 Å². The molecule has 0 aromatic heterocycles. The lowest BCUT2D eigenvalue weighted by atomic mass is 10.1. The molecule has 1 heterocycles. The van der Waals surface area contributed by atoms with Gasteiger partial charge in [0.05, 0.1) is 25.9 Å². The van der Waals surface area contributed by atoms with Crippen molar-refractivity contribution in [2.24, 2.45) is 0 Å². The van der Waals surface area contributed by atoms with Crippen LogP contribution in [0.5, 0.6) is 17.2 Å². The zero-order valence-corrected chi connectivity index (χ0v) is 14.7. The van der Waals surface area contributed by atoms with E-state index in [4.69, 9.17) is 14.2 Å². The number of piperidine rings is 1. The van der Waals surface area contributed by atoms with E-state index in [1.54, 1.807) is 17.0 Å². The molecule has 24 heavy (non-hydrogen) atoms. The van der Waals surface area contributed by atoms with Gasteiger partial charge in [-0.15, -0.1) is 0 Å². The first-order chi connectivity index (χ1) is 11.6. The van der Waals surface area contributed by atoms with Crippen molar-refractivity contribution < 1.29 is 24.1 Å². The summed E-state index contributed by atoms with van der Waals surface area (Å²) in [4.78, 5) is 14.5. The predicted octanol–water partition coefficient (Wildman–Crippen LogP) is 2.48. The summed E-state index contributed by atoms with van der Waals surface area (Å²) >= 11 is 0. The van der Waals surface area contributed by atoms with Crippen LogP contribution in [0.15, 0.2) is 12.1 Å². The van der Waals surface area contributed by atoms with Crippen molar-refractivity contribution in [2.75, 3.05) is 32.9 Å². The molecule has 0 aliphatic carbocycles. The van der Waals surface area contributed by atoms with Gasteiger partial charge in [0.2, 0.25) is 5.75 Å². The molecule has 1 amide bonds. The fourth-order valence-electron chi connectivity index (χ4n) is 2.76. The average Bonchev–Trinajstić information content (AvgIpc) is 2.58. The molecule has 1 N–H and O–H groups in total. The SMILES string of the molecule is CCOc1cc(C(=O)N2CCC(O)CC2)cc(OCC)c1OCC. The molecule has 1 aliphatic heterocycles. The molecule has 0 radical (unpaired) electrons. The van der Waals surface area contributed by atoms with Gasteiger partial charge >= 0.3 is 0 Å². The number of aliphatic hydroxyl groups is 1. The number of ether oxygens (including phenoxy) is 3. The van der Waals surface area contributed by atoms with Crippen LogP contribution in [0.1, 0.15) is 44.0 Å². The maximum atomic E-state index is 12.8. The average molecular weight is 337 g/mol. The zero-order valence-electron chi connectivity index (χ0n) is 14.7. The number of benzene rings is 1. The fraction of sp³-hybridized carbons (Fsp3) is 0.611. The third-order valence-corrected chi connectivity index (χ3v) is 3.91. The van der Waals surface area contributed by atoms with Crippen molar-refractivity contribution in [3.05, 3.63) is 17.7 Å². The summed E-state index contributed by atoms with van der Waals surface area (Å²) in [5.41, 5.74) is 0.516. The Hall–Kier alpha value is -1.95. The van der Waals surface area contributed by atoms with Gasteiger partial charge in [0.1, 0.15) is 0 Å². The van der Waals surface area contributed by atoms with E-state index in [0.29, 0.717) is 68.6 Å². The first-order valence-electron chi connectivity index (χ1n) is 8.64. The van der Waals surface area contributed by atoms with Gasteiger partial charge in [-0.25, -0.2) is 0 Å². The molecule has 1 aliphatic rings. The minimum absolute atomic E-state index is 0.0770. The molecule has 6 heteroatoms. The summed E-state index contributed by atoms with van der Waals surface area (Å²) in [6.45, 7) is 8.20. The van der Waals surface area contributed by atoms with E-state index in [1.165, 1.54) is 0 Å². The molecule has 0 spiro atoms. The maximum Gasteiger partial charge on any atom is 0.254 e. The van der Waals surface area contributed by atoms with Gasteiger partial charge in [-0.1, -0.05) is 0 Å². The number of nitrogens with zero attached hydrogens (tertiary/aromatic N) is 1. The van der Waals surface area contributed by atoms with Crippen LogP contribution >= 0.6 is 0 Å². The monoisotopic (exact) mass is 337 g/mol. The van der Waals surface area contributed by atoms with Gasteiger partial charge in [-0.2, -0.15) is 0 Å². The largest absolute Gasteiger partial charge is 0.490 e. The van der Waals surface area contributed by atoms with Gasteiger partial charge < -0.3 is 24.2 Å². The number of hydrogen-bond donors (Lipinski definition) is 1. The number of rotatable bonds is 7. The molecule has 2 rings (SSSR count). The topological polar surface area (TPSA) is 68.2 Å². The van der Waals surface area contributed by atoms with Crippen LogP contribution in [0.25, 0.3) is 0 Å². The summed E-state index contributed by atoms with van der Waals surface area (Å²) in [6, 6.07) is 3.43. The smallest absolute Gasteiger partial charge is 0.254 e. The lowest BCUT2D eigenvalue weighted by molar-refractivity contribution is 0.0545. The van der Waals surface area contributed by atoms with E-state index < -0.39 is 0 Å². The van der Waals surface area contributed by atoms with Crippen molar-refractivity contribution in [2.45, 2.75) is 39.7 Å². The molecular formula is C18H27NO5. The molecule has 0 unspecified atom stereocenters. The Morgan fingerprint density at radius 2 is 1.54 bits per heavy atom. The number of likely N-dealkylation sites (tertiary alicyclic amines) is 1. The second-order valence-corrected chi connectivity index (χ2v) is 5.62. The molecule has 0 saturated carbocycles. The lowest BCUT2D eigenvalue weighted by Gasteiger charge is -2.30. The lowest BCUT2D eigenvalue weighted by Crippen LogP contribution is -2.40. The normalized spacial score (nSPS) is 15.2. The fourth-order valence-corrected chi connectivity index (χ4v) is 2.76. The van der Waals surface area contributed by atoms with Crippen molar-refractivity contribution in [3.8, 4) is 17.2 Å². The molecule has 1 aromatic rings. The van der Waals surface area contributed by atoms with Gasteiger partial charge in [0.25, 0.3) is 5.91 Å². The Kier molecular flexibility index (Phi) is 6.73. The van der Waals surface area contributed by atoms with E-state index in [2.05, 4.69) is 0 Å². The summed E-state index contributed by atoms with van der Waals surface area (Å²) in [7, 11) is 0. The van der Waals surface area contributed by atoms with Crippen molar-refractivity contribution in [3.63, 3.8) is 0 Å². The number of hydrogen-bond acceptors (Lipinski definition) is 5. The predicted molar refractivity (Wildman–Crippen MR) is 91.1 cm³/mol. The van der Waals surface area contributed by atoms with Crippen LogP contribution in [0.2, 0.25) is 0 Å². The highest BCUT2D eigenvalue weighted by molar-refractivity contribution is 5.95. The number of carbonyl (C=O) groups is 1. The van der Waals surface area contributed by atoms with Crippen LogP contribution in [0.3, 0.4) is 0 Å². The molecular weight excluding hydrogens is 310 g/mol. The Morgan fingerprint density at radius 3 is 2.00 bits per heavy atom. The second-order valence-electron chi connectivity index (χ2n) is 5.62. The molecule has 1 aromatic carbocycles.